The average molecular weight is 533 g/mol. The summed E-state index contributed by atoms with van der Waals surface area (Å²) >= 11 is 1.91. The second kappa shape index (κ2) is 10.3. The number of halogens is 2. The Hall–Kier alpha value is -3.32. The monoisotopic (exact) mass is 533 g/mol. The Morgan fingerprint density at radius 1 is 0.656 bits per heavy atom. The Bertz CT molecular complexity index is 1230. The zero-order valence-corrected chi connectivity index (χ0v) is 19.6. The summed E-state index contributed by atoms with van der Waals surface area (Å²) in [4.78, 5) is 4.58. The van der Waals surface area contributed by atoms with Crippen molar-refractivity contribution in [1.82, 2.24) is 5.12 Å². The van der Waals surface area contributed by atoms with Crippen LogP contribution in [0.5, 0.6) is 0 Å². The third-order valence-electron chi connectivity index (χ3n) is 5.06. The molecule has 0 fully saturated rings. The molecule has 0 heterocycles. The van der Waals surface area contributed by atoms with Gasteiger partial charge in [-0.3, -0.25) is 0 Å². The van der Waals surface area contributed by atoms with Gasteiger partial charge in [0.1, 0.15) is 0 Å². The Kier molecular flexibility index (Phi) is 7.07. The lowest BCUT2D eigenvalue weighted by molar-refractivity contribution is 0.162. The maximum Gasteiger partial charge on any atom is 0.167 e. The zero-order valence-electron chi connectivity index (χ0n) is 17.5. The number of amidine groups is 2. The van der Waals surface area contributed by atoms with Gasteiger partial charge in [-0.15, -0.1) is 0 Å². The normalized spacial score (nSPS) is 12.0. The average Bonchev–Trinajstić information content (AvgIpc) is 2.86. The van der Waals surface area contributed by atoms with E-state index in [1.165, 1.54) is 7.05 Å². The molecule has 0 unspecified atom stereocenters. The summed E-state index contributed by atoms with van der Waals surface area (Å²) in [6.07, 6.45) is 0. The summed E-state index contributed by atoms with van der Waals surface area (Å²) in [6, 6.07) is 35.8. The van der Waals surface area contributed by atoms with Gasteiger partial charge in [-0.05, 0) is 28.3 Å². The van der Waals surface area contributed by atoms with E-state index in [-0.39, 0.29) is 5.84 Å². The van der Waals surface area contributed by atoms with E-state index < -0.39 is 0 Å². The van der Waals surface area contributed by atoms with E-state index in [0.29, 0.717) is 16.5 Å². The highest BCUT2D eigenvalue weighted by Crippen LogP contribution is 2.23. The van der Waals surface area contributed by atoms with Gasteiger partial charge in [-0.25, -0.2) is 4.99 Å². The van der Waals surface area contributed by atoms with E-state index in [1.54, 1.807) is 0 Å². The van der Waals surface area contributed by atoms with Gasteiger partial charge in [-0.1, -0.05) is 108 Å². The standard InChI is InChI=1S/C27H21FIN3/c1-32(28)27(25-14-8-13-24(19-25)21-11-6-3-7-12-21)30-26(31-29)23-17-15-22(16-18-23)20-9-4-2-5-10-20/h2-19H,1H3/b30-27-,31-26?. The first kappa shape index (κ1) is 21.9. The molecule has 4 aromatic carbocycles. The minimum Gasteiger partial charge on any atom is -0.208 e. The Labute approximate surface area is 201 Å². The van der Waals surface area contributed by atoms with Crippen LogP contribution in [0.2, 0.25) is 0 Å². The number of rotatable bonds is 4. The number of aliphatic imine (C=N–C) groups is 1. The second-order valence-electron chi connectivity index (χ2n) is 7.21. The first-order valence-corrected chi connectivity index (χ1v) is 11.1. The molecule has 4 aromatic rings. The van der Waals surface area contributed by atoms with Gasteiger partial charge in [-0.2, -0.15) is 8.33 Å². The van der Waals surface area contributed by atoms with Crippen LogP contribution in [0, 0.1) is 0 Å². The molecular weight excluding hydrogens is 512 g/mol. The van der Waals surface area contributed by atoms with E-state index in [1.807, 2.05) is 120 Å². The maximum atomic E-state index is 14.5. The fourth-order valence-corrected chi connectivity index (χ4v) is 3.84. The van der Waals surface area contributed by atoms with Crippen LogP contribution in [0.1, 0.15) is 11.1 Å². The molecule has 0 spiro atoms. The van der Waals surface area contributed by atoms with Crippen LogP contribution in [0.3, 0.4) is 0 Å². The first-order chi connectivity index (χ1) is 15.7. The summed E-state index contributed by atoms with van der Waals surface area (Å²) in [6.45, 7) is 0. The number of benzene rings is 4. The highest BCUT2D eigenvalue weighted by Gasteiger charge is 2.13. The van der Waals surface area contributed by atoms with E-state index in [2.05, 4.69) is 20.3 Å². The predicted octanol–water partition coefficient (Wildman–Crippen LogP) is 7.38. The third-order valence-corrected chi connectivity index (χ3v) is 5.52. The third kappa shape index (κ3) is 5.11. The summed E-state index contributed by atoms with van der Waals surface area (Å²) in [5, 5.41) is 0.532. The second-order valence-corrected chi connectivity index (χ2v) is 7.69. The Morgan fingerprint density at radius 3 is 1.75 bits per heavy atom. The summed E-state index contributed by atoms with van der Waals surface area (Å²) in [7, 11) is 1.34. The molecule has 5 heteroatoms. The van der Waals surface area contributed by atoms with Crippen molar-refractivity contribution in [2.75, 3.05) is 7.05 Å². The highest BCUT2D eigenvalue weighted by molar-refractivity contribution is 14.1. The van der Waals surface area contributed by atoms with Crippen molar-refractivity contribution in [2.45, 2.75) is 0 Å². The topological polar surface area (TPSA) is 28.0 Å². The van der Waals surface area contributed by atoms with Crippen LogP contribution in [-0.4, -0.2) is 23.8 Å². The molecule has 4 rings (SSSR count). The molecule has 0 atom stereocenters. The molecule has 0 N–H and O–H groups in total. The predicted molar refractivity (Wildman–Crippen MR) is 140 cm³/mol. The molecule has 32 heavy (non-hydrogen) atoms. The molecule has 0 saturated carbocycles. The molecule has 0 aromatic heterocycles. The van der Waals surface area contributed by atoms with Crippen molar-refractivity contribution < 1.29 is 4.48 Å². The molecular formula is C27H21FIN3. The minimum atomic E-state index is 0.199. The van der Waals surface area contributed by atoms with E-state index >= 15 is 0 Å². The molecule has 0 saturated heterocycles. The smallest absolute Gasteiger partial charge is 0.167 e. The Balaban J connectivity index is 1.67. The number of hydrogen-bond donors (Lipinski definition) is 0. The van der Waals surface area contributed by atoms with Gasteiger partial charge < -0.3 is 0 Å². The van der Waals surface area contributed by atoms with Crippen LogP contribution >= 0.6 is 22.9 Å². The van der Waals surface area contributed by atoms with E-state index in [4.69, 9.17) is 0 Å². The van der Waals surface area contributed by atoms with Crippen molar-refractivity contribution >= 4 is 34.5 Å². The molecule has 0 aliphatic heterocycles. The quantitative estimate of drug-likeness (QED) is 0.116. The first-order valence-electron chi connectivity index (χ1n) is 10.1. The van der Waals surface area contributed by atoms with Crippen molar-refractivity contribution in [1.29, 1.82) is 0 Å². The molecule has 158 valence electrons. The molecule has 3 nitrogen and oxygen atoms in total. The number of nitrogens with zero attached hydrogens (tertiary/aromatic N) is 3. The van der Waals surface area contributed by atoms with Crippen LogP contribution in [0.4, 0.5) is 4.48 Å². The fourth-order valence-electron chi connectivity index (χ4n) is 3.45. The zero-order chi connectivity index (χ0) is 22.3. The van der Waals surface area contributed by atoms with Crippen molar-refractivity contribution in [3.05, 3.63) is 120 Å². The van der Waals surface area contributed by atoms with E-state index in [0.717, 1.165) is 27.8 Å². The van der Waals surface area contributed by atoms with Crippen molar-refractivity contribution in [3.63, 3.8) is 0 Å². The molecule has 0 bridgehead atoms. The lowest BCUT2D eigenvalue weighted by atomic mass is 10.0. The summed E-state index contributed by atoms with van der Waals surface area (Å²) in [5.41, 5.74) is 5.79. The van der Waals surface area contributed by atoms with Crippen LogP contribution < -0.4 is 0 Å². The minimum absolute atomic E-state index is 0.199. The lowest BCUT2D eigenvalue weighted by Gasteiger charge is -2.14. The molecule has 0 aliphatic rings. The van der Waals surface area contributed by atoms with Gasteiger partial charge >= 0.3 is 0 Å². The summed E-state index contributed by atoms with van der Waals surface area (Å²) < 4.78 is 18.8. The number of hydrogen-bond acceptors (Lipinski definition) is 1. The largest absolute Gasteiger partial charge is 0.208 e. The van der Waals surface area contributed by atoms with Gasteiger partial charge in [0, 0.05) is 18.2 Å². The van der Waals surface area contributed by atoms with Gasteiger partial charge in [0.2, 0.25) is 0 Å². The summed E-state index contributed by atoms with van der Waals surface area (Å²) in [5.74, 6) is 0.653. The fraction of sp³-hybridized carbons (Fsp3) is 0.0370. The van der Waals surface area contributed by atoms with Gasteiger partial charge in [0.15, 0.2) is 11.7 Å². The SMILES string of the molecule is CN(F)/C(=N\C(=NI)c1ccc(-c2ccccc2)cc1)c1cccc(-c2ccccc2)c1. The molecule has 0 amide bonds. The lowest BCUT2D eigenvalue weighted by Crippen LogP contribution is -2.21. The van der Waals surface area contributed by atoms with E-state index in [9.17, 15) is 4.48 Å². The maximum absolute atomic E-state index is 14.5. The van der Waals surface area contributed by atoms with Gasteiger partial charge in [0.05, 0.1) is 22.9 Å². The van der Waals surface area contributed by atoms with Crippen LogP contribution in [0.15, 0.2) is 117 Å². The van der Waals surface area contributed by atoms with Crippen LogP contribution in [-0.2, 0) is 0 Å². The molecule has 0 aliphatic carbocycles. The van der Waals surface area contributed by atoms with Gasteiger partial charge in [0.25, 0.3) is 0 Å². The van der Waals surface area contributed by atoms with Crippen LogP contribution in [0.25, 0.3) is 22.3 Å². The van der Waals surface area contributed by atoms with Crippen molar-refractivity contribution in [3.8, 4) is 22.3 Å². The van der Waals surface area contributed by atoms with Crippen molar-refractivity contribution in [2.24, 2.45) is 8.20 Å². The highest BCUT2D eigenvalue weighted by atomic mass is 127. The Morgan fingerprint density at radius 2 is 1.19 bits per heavy atom. The molecule has 0 radical (unpaired) electrons.